The molecule has 5 rings (SSSR count). The molecule has 13 heteroatoms. The van der Waals surface area contributed by atoms with Gasteiger partial charge < -0.3 is 0 Å². The lowest BCUT2D eigenvalue weighted by atomic mass is 9.88. The van der Waals surface area contributed by atoms with Crippen molar-refractivity contribution >= 4 is 27.3 Å². The van der Waals surface area contributed by atoms with Gasteiger partial charge in [-0.15, -0.1) is 12.9 Å². The zero-order valence-electron chi connectivity index (χ0n) is 21.6. The van der Waals surface area contributed by atoms with Crippen molar-refractivity contribution in [2.45, 2.75) is 37.0 Å². The molecule has 1 fully saturated rings. The fraction of sp³-hybridized carbons (Fsp3) is 0.333. The third kappa shape index (κ3) is 6.89. The first-order valence-electron chi connectivity index (χ1n) is 12.5. The maximum Gasteiger partial charge on any atom is 0.483 e. The first kappa shape index (κ1) is 29.3. The third-order valence-electron chi connectivity index (χ3n) is 6.79. The lowest BCUT2D eigenvalue weighted by Gasteiger charge is -2.38. The summed E-state index contributed by atoms with van der Waals surface area (Å²) in [4.78, 5) is 18.4. The number of rotatable bonds is 7. The fourth-order valence-electron chi connectivity index (χ4n) is 4.68. The van der Waals surface area contributed by atoms with Gasteiger partial charge in [-0.1, -0.05) is 48.0 Å². The Morgan fingerprint density at radius 1 is 1.05 bits per heavy atom. The van der Waals surface area contributed by atoms with Gasteiger partial charge in [0.2, 0.25) is 0 Å². The quantitative estimate of drug-likeness (QED) is 0.221. The molecular formula is C27H27F4N5O3S. The molecule has 3 heterocycles. The number of nitrogens with zero attached hydrogens (tertiary/aromatic N) is 5. The highest BCUT2D eigenvalue weighted by atomic mass is 32.2. The summed E-state index contributed by atoms with van der Waals surface area (Å²) in [5, 5.41) is 4.42. The molecule has 1 aliphatic heterocycles. The molecule has 4 aromatic rings. The van der Waals surface area contributed by atoms with E-state index in [2.05, 4.69) is 15.1 Å². The van der Waals surface area contributed by atoms with Crippen LogP contribution >= 0.6 is 0 Å². The zero-order chi connectivity index (χ0) is 28.9. The Balaban J connectivity index is 0.000000867. The summed E-state index contributed by atoms with van der Waals surface area (Å²) in [6.45, 7) is 2.71. The minimum absolute atomic E-state index is 0.0226. The van der Waals surface area contributed by atoms with Crippen LogP contribution in [-0.4, -0.2) is 64.3 Å². The topological polar surface area (TPSA) is 98.1 Å². The van der Waals surface area contributed by atoms with Crippen molar-refractivity contribution in [2.24, 2.45) is 5.92 Å². The van der Waals surface area contributed by atoms with Crippen LogP contribution in [-0.2, 0) is 22.9 Å². The van der Waals surface area contributed by atoms with Crippen LogP contribution in [0, 0.1) is 12.8 Å². The summed E-state index contributed by atoms with van der Waals surface area (Å²) in [5.74, 6) is -3.79. The Bertz CT molecular complexity index is 1560. The first-order chi connectivity index (χ1) is 19.0. The molecule has 1 aliphatic rings. The maximum atomic E-state index is 15.2. The van der Waals surface area contributed by atoms with E-state index < -0.39 is 28.2 Å². The molecule has 0 N–H and O–H groups in total. The Kier molecular flexibility index (Phi) is 8.94. The van der Waals surface area contributed by atoms with Crippen molar-refractivity contribution in [3.63, 3.8) is 0 Å². The molecule has 212 valence electrons. The summed E-state index contributed by atoms with van der Waals surface area (Å²) in [6, 6.07) is 16.3. The van der Waals surface area contributed by atoms with Gasteiger partial charge in [-0.3, -0.25) is 4.90 Å². The predicted octanol–water partition coefficient (Wildman–Crippen LogP) is 5.16. The van der Waals surface area contributed by atoms with Crippen molar-refractivity contribution in [2.75, 3.05) is 19.6 Å². The smallest absolute Gasteiger partial charge is 0.297 e. The monoisotopic (exact) mass is 577 g/mol. The van der Waals surface area contributed by atoms with Gasteiger partial charge in [0.1, 0.15) is 6.33 Å². The number of hydrogen-bond donors (Lipinski definition) is 0. The van der Waals surface area contributed by atoms with Crippen molar-refractivity contribution in [3.8, 4) is 0 Å². The first-order valence-corrected chi connectivity index (χ1v) is 13.9. The van der Waals surface area contributed by atoms with Crippen LogP contribution in [0.4, 0.5) is 22.4 Å². The van der Waals surface area contributed by atoms with Gasteiger partial charge in [0.15, 0.2) is 5.65 Å². The summed E-state index contributed by atoms with van der Waals surface area (Å²) in [7, 11) is -3.99. The minimum Gasteiger partial charge on any atom is -0.297 e. The highest BCUT2D eigenvalue weighted by Crippen LogP contribution is 2.36. The lowest BCUT2D eigenvalue weighted by molar-refractivity contribution is -0.110. The molecule has 1 saturated heterocycles. The van der Waals surface area contributed by atoms with E-state index in [1.165, 1.54) is 24.7 Å². The maximum absolute atomic E-state index is 15.2. The molecule has 0 aliphatic carbocycles. The van der Waals surface area contributed by atoms with Gasteiger partial charge >= 0.3 is 6.29 Å². The van der Waals surface area contributed by atoms with Crippen molar-refractivity contribution in [1.29, 1.82) is 0 Å². The molecule has 0 bridgehead atoms. The van der Waals surface area contributed by atoms with E-state index in [4.69, 9.17) is 4.79 Å². The van der Waals surface area contributed by atoms with E-state index in [0.717, 1.165) is 21.6 Å². The van der Waals surface area contributed by atoms with Gasteiger partial charge in [-0.2, -0.15) is 13.5 Å². The number of alkyl halides is 2. The van der Waals surface area contributed by atoms with E-state index in [9.17, 15) is 17.2 Å². The molecule has 2 aromatic heterocycles. The summed E-state index contributed by atoms with van der Waals surface area (Å²) in [5.41, 5.74) is 2.52. The zero-order valence-corrected chi connectivity index (χ0v) is 22.4. The molecular weight excluding hydrogens is 550 g/mol. The van der Waals surface area contributed by atoms with E-state index >= 15 is 8.78 Å². The second-order valence-corrected chi connectivity index (χ2v) is 11.3. The van der Waals surface area contributed by atoms with Crippen molar-refractivity contribution in [3.05, 3.63) is 83.9 Å². The normalized spacial score (nSPS) is 17.3. The van der Waals surface area contributed by atoms with E-state index in [0.29, 0.717) is 30.6 Å². The number of carbonyl (C=O) groups excluding carboxylic acids is 1. The molecule has 0 saturated carbocycles. The van der Waals surface area contributed by atoms with Gasteiger partial charge in [-0.25, -0.2) is 23.5 Å². The molecule has 1 unspecified atom stereocenters. The molecule has 40 heavy (non-hydrogen) atoms. The number of hydrogen-bond acceptors (Lipinski definition) is 7. The Labute approximate surface area is 228 Å². The van der Waals surface area contributed by atoms with Crippen LogP contribution in [0.2, 0.25) is 0 Å². The Morgan fingerprint density at radius 2 is 1.73 bits per heavy atom. The van der Waals surface area contributed by atoms with Crippen LogP contribution in [0.15, 0.2) is 72.0 Å². The number of benzene rings is 2. The highest BCUT2D eigenvalue weighted by Gasteiger charge is 2.44. The van der Waals surface area contributed by atoms with E-state index in [1.807, 2.05) is 42.2 Å². The van der Waals surface area contributed by atoms with Gasteiger partial charge in [0.25, 0.3) is 15.9 Å². The second-order valence-electron chi connectivity index (χ2n) is 9.55. The standard InChI is InChI=1S/C26H27F2N5O2S.CF2O/c1-19-7-9-22(10-8-19)36(34,35)33-25-23(16-31-33)24(29-18-30-25)15-21-12-14-32(17-26(21,27)28)13-11-20-5-3-2-4-6-20;2-1(3)4/h2-10,16,18,21H,11-15,17H2,1H3;. The number of halogens is 4. The Morgan fingerprint density at radius 3 is 2.38 bits per heavy atom. The number of piperidine rings is 1. The number of aromatic nitrogens is 4. The summed E-state index contributed by atoms with van der Waals surface area (Å²) < 4.78 is 76.9. The van der Waals surface area contributed by atoms with Crippen LogP contribution in [0.5, 0.6) is 0 Å². The van der Waals surface area contributed by atoms with Crippen molar-refractivity contribution in [1.82, 2.24) is 24.1 Å². The minimum atomic E-state index is -3.99. The number of fused-ring (bicyclic) bond motifs is 1. The van der Waals surface area contributed by atoms with Crippen LogP contribution in [0.1, 0.15) is 23.2 Å². The lowest BCUT2D eigenvalue weighted by Crippen LogP contribution is -2.49. The van der Waals surface area contributed by atoms with Crippen LogP contribution < -0.4 is 0 Å². The van der Waals surface area contributed by atoms with Gasteiger partial charge in [-0.05, 0) is 50.4 Å². The van der Waals surface area contributed by atoms with Gasteiger partial charge in [0, 0.05) is 12.5 Å². The SMILES string of the molecule is Cc1ccc(S(=O)(=O)n2ncc3c(CC4CCN(CCc5ccccc5)CC4(F)F)ncnc32)cc1.O=C(F)F. The fourth-order valence-corrected chi connectivity index (χ4v) is 5.91. The third-order valence-corrected chi connectivity index (χ3v) is 8.38. The summed E-state index contributed by atoms with van der Waals surface area (Å²) >= 11 is 0. The molecule has 0 spiro atoms. The van der Waals surface area contributed by atoms with E-state index in [1.54, 1.807) is 12.1 Å². The number of carbonyl (C=O) groups is 1. The molecule has 1 atom stereocenters. The molecule has 0 radical (unpaired) electrons. The van der Waals surface area contributed by atoms with Crippen LogP contribution in [0.25, 0.3) is 11.0 Å². The van der Waals surface area contributed by atoms with Gasteiger partial charge in [0.05, 0.1) is 28.7 Å². The number of aryl methyl sites for hydroxylation is 1. The molecule has 0 amide bonds. The summed E-state index contributed by atoms with van der Waals surface area (Å²) in [6.07, 6.45) is 0.803. The Hall–Kier alpha value is -3.71. The largest absolute Gasteiger partial charge is 0.483 e. The number of likely N-dealkylation sites (tertiary alicyclic amines) is 1. The predicted molar refractivity (Wildman–Crippen MR) is 140 cm³/mol. The molecule has 2 aromatic carbocycles. The van der Waals surface area contributed by atoms with Crippen LogP contribution in [0.3, 0.4) is 0 Å². The highest BCUT2D eigenvalue weighted by molar-refractivity contribution is 7.90. The molecule has 8 nitrogen and oxygen atoms in total. The van der Waals surface area contributed by atoms with E-state index in [-0.39, 0.29) is 23.5 Å². The second kappa shape index (κ2) is 12.2. The van der Waals surface area contributed by atoms with Crippen molar-refractivity contribution < 1.29 is 30.8 Å². The average molecular weight is 578 g/mol. The average Bonchev–Trinajstić information content (AvgIpc) is 3.35.